The number of nitrogens with one attached hydrogen (secondary N) is 1. The van der Waals surface area contributed by atoms with E-state index in [1.165, 1.54) is 25.4 Å². The topological polar surface area (TPSA) is 97.3 Å². The van der Waals surface area contributed by atoms with Gasteiger partial charge in [-0.2, -0.15) is 0 Å². The number of ether oxygens (including phenoxy) is 2. The largest absolute Gasteiger partial charge is 0.444 e. The molecular formula is C28H36FN3O5S. The fourth-order valence-corrected chi connectivity index (χ4v) is 6.51. The number of benzene rings is 2. The Morgan fingerprint density at radius 3 is 2.50 bits per heavy atom. The second-order valence-corrected chi connectivity index (χ2v) is 13.5. The molecule has 0 aliphatic carbocycles. The van der Waals surface area contributed by atoms with Crippen LogP contribution in [-0.2, 0) is 30.4 Å². The van der Waals surface area contributed by atoms with Gasteiger partial charge in [0.1, 0.15) is 17.5 Å². The maximum Gasteiger partial charge on any atom is 0.407 e. The molecule has 8 nitrogen and oxygen atoms in total. The number of hydrogen-bond donors (Lipinski definition) is 1. The average Bonchev–Trinajstić information content (AvgIpc) is 2.87. The van der Waals surface area contributed by atoms with Gasteiger partial charge in [-0.05, 0) is 56.0 Å². The summed E-state index contributed by atoms with van der Waals surface area (Å²) < 4.78 is 42.4. The normalized spacial score (nSPS) is 25.1. The monoisotopic (exact) mass is 545 g/mol. The number of amides is 2. The molecule has 2 amide bonds. The lowest BCUT2D eigenvalue weighted by molar-refractivity contribution is -0.149. The number of alkyl carbamates (subject to hydrolysis) is 1. The van der Waals surface area contributed by atoms with E-state index in [1.807, 2.05) is 24.3 Å². The lowest BCUT2D eigenvalue weighted by Gasteiger charge is -2.42. The van der Waals surface area contributed by atoms with Crippen LogP contribution in [0, 0.1) is 5.82 Å². The number of hydrogen-bond acceptors (Lipinski definition) is 6. The molecule has 2 aromatic carbocycles. The molecule has 2 heterocycles. The van der Waals surface area contributed by atoms with Crippen molar-refractivity contribution in [3.05, 3.63) is 71.0 Å². The minimum absolute atomic E-state index is 0.00478. The molecule has 2 aliphatic rings. The van der Waals surface area contributed by atoms with Gasteiger partial charge in [0, 0.05) is 26.3 Å². The standard InChI is InChI=1S/C28H36FN3O5S/c1-28(2,3)37-27(34)31-22-16-23(36-17-24(22)38(5,35)30-4)26(33)32-15-14-18-8-6-7-9-21(18)25(32)19-10-12-20(29)13-11-19/h6-13,22-25H,14-17H2,1-5H3,(H,31,34)/t22-,23+,24-,25-,38-/m0/s1. The van der Waals surface area contributed by atoms with Crippen LogP contribution in [0.4, 0.5) is 9.18 Å². The van der Waals surface area contributed by atoms with Gasteiger partial charge in [-0.1, -0.05) is 36.4 Å². The first-order chi connectivity index (χ1) is 17.9. The van der Waals surface area contributed by atoms with Gasteiger partial charge in [-0.25, -0.2) is 17.8 Å². The Kier molecular flexibility index (Phi) is 8.13. The van der Waals surface area contributed by atoms with E-state index in [-0.39, 0.29) is 24.8 Å². The number of nitrogens with zero attached hydrogens (tertiary/aromatic N) is 2. The van der Waals surface area contributed by atoms with Gasteiger partial charge in [-0.15, -0.1) is 0 Å². The SMILES string of the molecule is CN=[S@@](C)(=O)[C@H]1CO[C@@H](C(=O)N2CCc3ccccc3[C@@H]2c2ccc(F)cc2)C[C@@H]1NC(=O)OC(C)(C)C. The van der Waals surface area contributed by atoms with Crippen LogP contribution in [0.2, 0.25) is 0 Å². The Bertz CT molecular complexity index is 1300. The van der Waals surface area contributed by atoms with E-state index >= 15 is 0 Å². The van der Waals surface area contributed by atoms with E-state index in [9.17, 15) is 18.2 Å². The number of carbonyl (C=O) groups is 2. The smallest absolute Gasteiger partial charge is 0.407 e. The molecule has 206 valence electrons. The molecule has 2 aromatic rings. The van der Waals surface area contributed by atoms with Gasteiger partial charge in [-0.3, -0.25) is 4.79 Å². The van der Waals surface area contributed by atoms with Crippen LogP contribution >= 0.6 is 0 Å². The lowest BCUT2D eigenvalue weighted by Crippen LogP contribution is -2.58. The molecular weight excluding hydrogens is 509 g/mol. The lowest BCUT2D eigenvalue weighted by atomic mass is 9.87. The summed E-state index contributed by atoms with van der Waals surface area (Å²) in [4.78, 5) is 28.4. The van der Waals surface area contributed by atoms with Crippen molar-refractivity contribution in [1.29, 1.82) is 0 Å². The molecule has 2 aliphatic heterocycles. The Hall–Kier alpha value is -2.98. The highest BCUT2D eigenvalue weighted by Crippen LogP contribution is 2.36. The molecule has 38 heavy (non-hydrogen) atoms. The highest BCUT2D eigenvalue weighted by molar-refractivity contribution is 7.93. The molecule has 10 heteroatoms. The van der Waals surface area contributed by atoms with E-state index in [0.717, 1.165) is 16.7 Å². The molecule has 0 spiro atoms. The van der Waals surface area contributed by atoms with Gasteiger partial charge in [0.05, 0.1) is 33.7 Å². The third-order valence-corrected chi connectivity index (χ3v) is 9.35. The van der Waals surface area contributed by atoms with Crippen LogP contribution in [0.15, 0.2) is 52.9 Å². The Morgan fingerprint density at radius 2 is 1.84 bits per heavy atom. The molecule has 1 saturated heterocycles. The predicted octanol–water partition coefficient (Wildman–Crippen LogP) is 4.08. The molecule has 0 unspecified atom stereocenters. The fraction of sp³-hybridized carbons (Fsp3) is 0.500. The zero-order valence-electron chi connectivity index (χ0n) is 22.5. The molecule has 0 saturated carbocycles. The second-order valence-electron chi connectivity index (χ2n) is 10.8. The zero-order valence-corrected chi connectivity index (χ0v) is 23.3. The summed E-state index contributed by atoms with van der Waals surface area (Å²) in [5.74, 6) is -0.586. The van der Waals surface area contributed by atoms with Gasteiger partial charge < -0.3 is 19.7 Å². The summed E-state index contributed by atoms with van der Waals surface area (Å²) >= 11 is 0. The Labute approximate surface area is 224 Å². The van der Waals surface area contributed by atoms with Crippen molar-refractivity contribution in [1.82, 2.24) is 10.2 Å². The minimum atomic E-state index is -2.71. The Morgan fingerprint density at radius 1 is 1.16 bits per heavy atom. The van der Waals surface area contributed by atoms with E-state index < -0.39 is 44.9 Å². The van der Waals surface area contributed by atoms with Crippen LogP contribution in [0.25, 0.3) is 0 Å². The molecule has 1 fully saturated rings. The molecule has 5 atom stereocenters. The third-order valence-electron chi connectivity index (χ3n) is 7.03. The van der Waals surface area contributed by atoms with Gasteiger partial charge >= 0.3 is 6.09 Å². The Balaban J connectivity index is 1.62. The van der Waals surface area contributed by atoms with Gasteiger partial charge in [0.15, 0.2) is 0 Å². The molecule has 0 aromatic heterocycles. The van der Waals surface area contributed by atoms with Crippen LogP contribution in [0.5, 0.6) is 0 Å². The van der Waals surface area contributed by atoms with Gasteiger partial charge in [0.2, 0.25) is 0 Å². The van der Waals surface area contributed by atoms with Crippen LogP contribution in [0.1, 0.15) is 49.9 Å². The highest BCUT2D eigenvalue weighted by atomic mass is 32.2. The molecule has 4 rings (SSSR count). The zero-order chi connectivity index (χ0) is 27.7. The summed E-state index contributed by atoms with van der Waals surface area (Å²) in [6, 6.07) is 13.1. The van der Waals surface area contributed by atoms with E-state index in [4.69, 9.17) is 9.47 Å². The first-order valence-electron chi connectivity index (χ1n) is 12.7. The first-order valence-corrected chi connectivity index (χ1v) is 14.7. The summed E-state index contributed by atoms with van der Waals surface area (Å²) in [5, 5.41) is 2.21. The fourth-order valence-electron chi connectivity index (χ4n) is 5.12. The average molecular weight is 546 g/mol. The summed E-state index contributed by atoms with van der Waals surface area (Å²) in [7, 11) is -1.24. The van der Waals surface area contributed by atoms with Crippen LogP contribution in [0.3, 0.4) is 0 Å². The predicted molar refractivity (Wildman–Crippen MR) is 144 cm³/mol. The van der Waals surface area contributed by atoms with Crippen molar-refractivity contribution < 1.29 is 27.7 Å². The summed E-state index contributed by atoms with van der Waals surface area (Å²) in [6.07, 6.45) is 0.803. The highest BCUT2D eigenvalue weighted by Gasteiger charge is 2.43. The minimum Gasteiger partial charge on any atom is -0.444 e. The summed E-state index contributed by atoms with van der Waals surface area (Å²) in [5.41, 5.74) is 2.20. The van der Waals surface area contributed by atoms with Crippen molar-refractivity contribution in [3.8, 4) is 0 Å². The quantitative estimate of drug-likeness (QED) is 0.625. The first kappa shape index (κ1) is 28.0. The second kappa shape index (κ2) is 11.0. The molecule has 1 N–H and O–H groups in total. The van der Waals surface area contributed by atoms with Crippen LogP contribution in [-0.4, -0.2) is 70.6 Å². The van der Waals surface area contributed by atoms with E-state index in [0.29, 0.717) is 13.0 Å². The summed E-state index contributed by atoms with van der Waals surface area (Å²) in [6.45, 7) is 5.73. The van der Waals surface area contributed by atoms with Crippen molar-refractivity contribution in [2.45, 2.75) is 62.7 Å². The van der Waals surface area contributed by atoms with Crippen LogP contribution < -0.4 is 5.32 Å². The van der Waals surface area contributed by atoms with Crippen molar-refractivity contribution in [2.75, 3.05) is 26.5 Å². The van der Waals surface area contributed by atoms with E-state index in [2.05, 4.69) is 9.68 Å². The van der Waals surface area contributed by atoms with E-state index in [1.54, 1.807) is 37.8 Å². The molecule has 0 bridgehead atoms. The maximum absolute atomic E-state index is 14.0. The third kappa shape index (κ3) is 6.18. The number of fused-ring (bicyclic) bond motifs is 1. The van der Waals surface area contributed by atoms with Crippen molar-refractivity contribution >= 4 is 21.7 Å². The van der Waals surface area contributed by atoms with Crippen molar-refractivity contribution in [2.24, 2.45) is 4.36 Å². The van der Waals surface area contributed by atoms with Crippen molar-refractivity contribution in [3.63, 3.8) is 0 Å². The number of halogens is 1. The molecule has 0 radical (unpaired) electrons. The number of rotatable bonds is 4. The number of carbonyl (C=O) groups excluding carboxylic acids is 2. The van der Waals surface area contributed by atoms with Gasteiger partial charge in [0.25, 0.3) is 5.91 Å². The maximum atomic E-state index is 14.0.